The molecule has 0 aliphatic carbocycles. The zero-order valence-electron chi connectivity index (χ0n) is 15.5. The van der Waals surface area contributed by atoms with Crippen LogP contribution in [0.4, 0.5) is 4.39 Å². The molecule has 1 N–H and O–H groups in total. The van der Waals surface area contributed by atoms with Gasteiger partial charge in [-0.25, -0.2) is 4.39 Å². The summed E-state index contributed by atoms with van der Waals surface area (Å²) in [4.78, 5) is 13.6. The molecular formula is C21H24FNO4. The van der Waals surface area contributed by atoms with Crippen molar-refractivity contribution < 1.29 is 23.8 Å². The molecular weight excluding hydrogens is 349 g/mol. The van der Waals surface area contributed by atoms with E-state index >= 15 is 0 Å². The summed E-state index contributed by atoms with van der Waals surface area (Å²) >= 11 is 0. The second kappa shape index (κ2) is 8.39. The van der Waals surface area contributed by atoms with E-state index in [4.69, 9.17) is 9.47 Å². The largest absolute Gasteiger partial charge is 0.496 e. The normalized spacial score (nSPS) is 18.7. The standard InChI is InChI=1S/C21H24FNO4/c1-26-18-8-4-3-7-16(18)20(17-12-15(22)9-10-19(17)27-2)23-11-5-6-14(13-23)21(24)25/h3-4,7-10,12,14,20H,5-6,11,13H2,1-2H3,(H,24,25). The Morgan fingerprint density at radius 2 is 1.85 bits per heavy atom. The van der Waals surface area contributed by atoms with Gasteiger partial charge in [0.05, 0.1) is 26.2 Å². The van der Waals surface area contributed by atoms with Crippen LogP contribution in [-0.2, 0) is 4.79 Å². The van der Waals surface area contributed by atoms with E-state index in [1.165, 1.54) is 12.1 Å². The quantitative estimate of drug-likeness (QED) is 0.836. The van der Waals surface area contributed by atoms with Crippen molar-refractivity contribution >= 4 is 5.97 Å². The average Bonchev–Trinajstić information content (AvgIpc) is 2.69. The molecule has 1 heterocycles. The third-order valence-electron chi connectivity index (χ3n) is 5.09. The molecule has 0 bridgehead atoms. The highest BCUT2D eigenvalue weighted by molar-refractivity contribution is 5.70. The lowest BCUT2D eigenvalue weighted by atomic mass is 9.90. The van der Waals surface area contributed by atoms with Crippen LogP contribution >= 0.6 is 0 Å². The first kappa shape index (κ1) is 19.2. The molecule has 2 atom stereocenters. The SMILES string of the molecule is COc1ccccc1C(c1cc(F)ccc1OC)N1CCCC(C(=O)O)C1. The van der Waals surface area contributed by atoms with Crippen LogP contribution in [0.15, 0.2) is 42.5 Å². The minimum absolute atomic E-state index is 0.363. The van der Waals surface area contributed by atoms with Crippen molar-refractivity contribution in [1.29, 1.82) is 0 Å². The maximum absolute atomic E-state index is 14.1. The van der Waals surface area contributed by atoms with Crippen LogP contribution in [-0.4, -0.2) is 43.3 Å². The van der Waals surface area contributed by atoms with Gasteiger partial charge in [0, 0.05) is 17.7 Å². The zero-order chi connectivity index (χ0) is 19.4. The Morgan fingerprint density at radius 3 is 2.56 bits per heavy atom. The number of para-hydroxylation sites is 1. The summed E-state index contributed by atoms with van der Waals surface area (Å²) in [5.74, 6) is -0.381. The van der Waals surface area contributed by atoms with Crippen molar-refractivity contribution in [2.45, 2.75) is 18.9 Å². The summed E-state index contributed by atoms with van der Waals surface area (Å²) in [6.45, 7) is 1.10. The highest BCUT2D eigenvalue weighted by Crippen LogP contribution is 2.40. The molecule has 0 radical (unpaired) electrons. The van der Waals surface area contributed by atoms with Gasteiger partial charge >= 0.3 is 5.97 Å². The van der Waals surface area contributed by atoms with Gasteiger partial charge in [-0.05, 0) is 43.7 Å². The van der Waals surface area contributed by atoms with Gasteiger partial charge in [-0.15, -0.1) is 0 Å². The number of hydrogen-bond acceptors (Lipinski definition) is 4. The molecule has 2 aromatic rings. The summed E-state index contributed by atoms with van der Waals surface area (Å²) in [5.41, 5.74) is 1.52. The maximum Gasteiger partial charge on any atom is 0.307 e. The van der Waals surface area contributed by atoms with Gasteiger partial charge in [0.15, 0.2) is 0 Å². The number of hydrogen-bond donors (Lipinski definition) is 1. The second-order valence-corrected chi connectivity index (χ2v) is 6.70. The number of carboxylic acid groups (broad SMARTS) is 1. The number of piperidine rings is 1. The van der Waals surface area contributed by atoms with Crippen LogP contribution in [0.25, 0.3) is 0 Å². The van der Waals surface area contributed by atoms with E-state index in [2.05, 4.69) is 4.90 Å². The number of aliphatic carboxylic acids is 1. The Labute approximate surface area is 158 Å². The van der Waals surface area contributed by atoms with Crippen molar-refractivity contribution in [2.75, 3.05) is 27.3 Å². The molecule has 144 valence electrons. The topological polar surface area (TPSA) is 59.0 Å². The van der Waals surface area contributed by atoms with Gasteiger partial charge < -0.3 is 14.6 Å². The second-order valence-electron chi connectivity index (χ2n) is 6.70. The van der Waals surface area contributed by atoms with E-state index < -0.39 is 11.9 Å². The van der Waals surface area contributed by atoms with Crippen LogP contribution in [0.3, 0.4) is 0 Å². The molecule has 5 nitrogen and oxygen atoms in total. The number of halogens is 1. The van der Waals surface area contributed by atoms with Crippen LogP contribution in [0.5, 0.6) is 11.5 Å². The van der Waals surface area contributed by atoms with Crippen LogP contribution in [0, 0.1) is 11.7 Å². The molecule has 0 aromatic heterocycles. The molecule has 2 unspecified atom stereocenters. The fourth-order valence-electron chi connectivity index (χ4n) is 3.81. The Hall–Kier alpha value is -2.60. The molecule has 1 aliphatic rings. The number of benzene rings is 2. The van der Waals surface area contributed by atoms with Crippen LogP contribution < -0.4 is 9.47 Å². The Morgan fingerprint density at radius 1 is 1.15 bits per heavy atom. The molecule has 1 fully saturated rings. The summed E-state index contributed by atoms with van der Waals surface area (Å²) in [7, 11) is 3.14. The van der Waals surface area contributed by atoms with Crippen molar-refractivity contribution in [3.8, 4) is 11.5 Å². The highest BCUT2D eigenvalue weighted by Gasteiger charge is 2.34. The predicted molar refractivity (Wildman–Crippen MR) is 99.7 cm³/mol. The molecule has 1 saturated heterocycles. The van der Waals surface area contributed by atoms with E-state index in [1.54, 1.807) is 20.3 Å². The first-order valence-electron chi connectivity index (χ1n) is 8.98. The number of ether oxygens (including phenoxy) is 2. The van der Waals surface area contributed by atoms with Crippen molar-refractivity contribution in [3.63, 3.8) is 0 Å². The minimum Gasteiger partial charge on any atom is -0.496 e. The number of nitrogens with zero attached hydrogens (tertiary/aromatic N) is 1. The highest BCUT2D eigenvalue weighted by atomic mass is 19.1. The molecule has 0 saturated carbocycles. The van der Waals surface area contributed by atoms with Crippen LogP contribution in [0.2, 0.25) is 0 Å². The fourth-order valence-corrected chi connectivity index (χ4v) is 3.81. The van der Waals surface area contributed by atoms with Gasteiger partial charge in [0.1, 0.15) is 17.3 Å². The summed E-state index contributed by atoms with van der Waals surface area (Å²) in [6.07, 6.45) is 1.41. The summed E-state index contributed by atoms with van der Waals surface area (Å²) in [5, 5.41) is 9.49. The fraction of sp³-hybridized carbons (Fsp3) is 0.381. The number of likely N-dealkylation sites (tertiary alicyclic amines) is 1. The van der Waals surface area contributed by atoms with Gasteiger partial charge in [-0.2, -0.15) is 0 Å². The van der Waals surface area contributed by atoms with Gasteiger partial charge in [0.25, 0.3) is 0 Å². The summed E-state index contributed by atoms with van der Waals surface area (Å²) in [6, 6.07) is 11.6. The Kier molecular flexibility index (Phi) is 5.96. The Balaban J connectivity index is 2.12. The van der Waals surface area contributed by atoms with E-state index in [0.29, 0.717) is 36.6 Å². The smallest absolute Gasteiger partial charge is 0.307 e. The number of rotatable bonds is 6. The molecule has 0 amide bonds. The minimum atomic E-state index is -0.801. The van der Waals surface area contributed by atoms with Crippen molar-refractivity contribution in [2.24, 2.45) is 5.92 Å². The van der Waals surface area contributed by atoms with Gasteiger partial charge in [-0.3, -0.25) is 9.69 Å². The Bertz CT molecular complexity index is 811. The summed E-state index contributed by atoms with van der Waals surface area (Å²) < 4.78 is 25.1. The molecule has 0 spiro atoms. The molecule has 1 aliphatic heterocycles. The van der Waals surface area contributed by atoms with Gasteiger partial charge in [0.2, 0.25) is 0 Å². The molecule has 2 aromatic carbocycles. The van der Waals surface area contributed by atoms with E-state index in [9.17, 15) is 14.3 Å². The third-order valence-corrected chi connectivity index (χ3v) is 5.09. The average molecular weight is 373 g/mol. The first-order chi connectivity index (χ1) is 13.0. The van der Waals surface area contributed by atoms with Crippen molar-refractivity contribution in [1.82, 2.24) is 4.90 Å². The van der Waals surface area contributed by atoms with Crippen LogP contribution in [0.1, 0.15) is 30.0 Å². The lowest BCUT2D eigenvalue weighted by molar-refractivity contribution is -0.143. The van der Waals surface area contributed by atoms with E-state index in [1.807, 2.05) is 24.3 Å². The predicted octanol–water partition coefficient (Wildman–Crippen LogP) is 3.73. The van der Waals surface area contributed by atoms with E-state index in [0.717, 1.165) is 12.0 Å². The van der Waals surface area contributed by atoms with E-state index in [-0.39, 0.29) is 11.9 Å². The van der Waals surface area contributed by atoms with Crippen molar-refractivity contribution in [3.05, 3.63) is 59.4 Å². The lowest BCUT2D eigenvalue weighted by Gasteiger charge is -2.38. The number of carbonyl (C=O) groups is 1. The van der Waals surface area contributed by atoms with Gasteiger partial charge in [-0.1, -0.05) is 18.2 Å². The first-order valence-corrected chi connectivity index (χ1v) is 8.98. The molecule has 3 rings (SSSR count). The zero-order valence-corrected chi connectivity index (χ0v) is 15.5. The lowest BCUT2D eigenvalue weighted by Crippen LogP contribution is -2.41. The number of methoxy groups -OCH3 is 2. The molecule has 6 heteroatoms. The number of carboxylic acids is 1. The third kappa shape index (κ3) is 4.06. The maximum atomic E-state index is 14.1. The monoisotopic (exact) mass is 373 g/mol. The molecule has 27 heavy (non-hydrogen) atoms.